The fraction of sp³-hybridized carbons (Fsp3) is 0.222. The van der Waals surface area contributed by atoms with Crippen LogP contribution in [0.4, 0.5) is 5.69 Å². The van der Waals surface area contributed by atoms with E-state index >= 15 is 0 Å². The maximum Gasteiger partial charge on any atom is 0.184 e. The quantitative estimate of drug-likeness (QED) is 0.491. The zero-order chi connectivity index (χ0) is 9.14. The molecule has 3 heteroatoms. The molecule has 0 heterocycles. The Bertz CT molecular complexity index is 328. The van der Waals surface area contributed by atoms with Gasteiger partial charge < -0.3 is 0 Å². The summed E-state index contributed by atoms with van der Waals surface area (Å²) in [4.78, 5) is 1.44. The zero-order valence-corrected chi connectivity index (χ0v) is 7.76. The van der Waals surface area contributed by atoms with Crippen LogP contribution in [0.5, 0.6) is 0 Å². The molecule has 1 rings (SSSR count). The lowest BCUT2D eigenvalue weighted by atomic mass is 10.2. The predicted octanol–water partition coefficient (Wildman–Crippen LogP) is 2.57. The topological polar surface area (TPSA) is 27.0 Å². The average Bonchev–Trinajstić information content (AvgIpc) is 2.08. The molecule has 0 aliphatic rings. The van der Waals surface area contributed by atoms with Crippen molar-refractivity contribution >= 4 is 17.3 Å². The SMILES string of the molecule is Cc1ccc(Cl)c(N(C)C#N)c1. The molecular formula is C9H9ClN2. The number of benzene rings is 1. The Morgan fingerprint density at radius 2 is 2.17 bits per heavy atom. The van der Waals surface area contributed by atoms with Crippen LogP contribution in [-0.4, -0.2) is 7.05 Å². The molecule has 0 spiro atoms. The van der Waals surface area contributed by atoms with Crippen LogP contribution in [0.3, 0.4) is 0 Å². The first kappa shape index (κ1) is 8.89. The van der Waals surface area contributed by atoms with Crippen LogP contribution in [0.15, 0.2) is 18.2 Å². The molecule has 0 aromatic heterocycles. The zero-order valence-electron chi connectivity index (χ0n) is 7.00. The molecule has 0 saturated heterocycles. The molecule has 0 bridgehead atoms. The molecule has 1 aromatic carbocycles. The number of hydrogen-bond acceptors (Lipinski definition) is 2. The van der Waals surface area contributed by atoms with Crippen molar-refractivity contribution in [3.8, 4) is 6.19 Å². The standard InChI is InChI=1S/C9H9ClN2/c1-7-3-4-8(10)9(5-7)12(2)6-11/h3-5H,1-2H3. The number of nitrogens with zero attached hydrogens (tertiary/aromatic N) is 2. The van der Waals surface area contributed by atoms with E-state index in [1.54, 1.807) is 13.1 Å². The van der Waals surface area contributed by atoms with E-state index in [4.69, 9.17) is 16.9 Å². The number of halogens is 1. The molecule has 0 amide bonds. The van der Waals surface area contributed by atoms with Crippen LogP contribution in [0.25, 0.3) is 0 Å². The fourth-order valence-electron chi connectivity index (χ4n) is 0.934. The minimum Gasteiger partial charge on any atom is -0.281 e. The number of anilines is 1. The van der Waals surface area contributed by atoms with Crippen molar-refractivity contribution in [2.45, 2.75) is 6.92 Å². The molecule has 0 saturated carbocycles. The number of nitriles is 1. The lowest BCUT2D eigenvalue weighted by Crippen LogP contribution is -2.08. The van der Waals surface area contributed by atoms with Crippen LogP contribution in [0, 0.1) is 18.4 Å². The Morgan fingerprint density at radius 1 is 1.50 bits per heavy atom. The monoisotopic (exact) mass is 180 g/mol. The first-order chi connectivity index (χ1) is 5.65. The van der Waals surface area contributed by atoms with Crippen LogP contribution >= 0.6 is 11.6 Å². The second kappa shape index (κ2) is 3.46. The van der Waals surface area contributed by atoms with E-state index in [1.165, 1.54) is 4.90 Å². The van der Waals surface area contributed by atoms with Gasteiger partial charge in [-0.25, -0.2) is 0 Å². The van der Waals surface area contributed by atoms with Crippen molar-refractivity contribution in [3.05, 3.63) is 28.8 Å². The Morgan fingerprint density at radius 3 is 2.75 bits per heavy atom. The van der Waals surface area contributed by atoms with Gasteiger partial charge in [-0.15, -0.1) is 0 Å². The highest BCUT2D eigenvalue weighted by molar-refractivity contribution is 6.33. The van der Waals surface area contributed by atoms with E-state index in [1.807, 2.05) is 25.2 Å². The highest BCUT2D eigenvalue weighted by atomic mass is 35.5. The number of hydrogen-bond donors (Lipinski definition) is 0. The molecule has 0 aliphatic heterocycles. The minimum atomic E-state index is 0.602. The number of aryl methyl sites for hydroxylation is 1. The minimum absolute atomic E-state index is 0.602. The van der Waals surface area contributed by atoms with Gasteiger partial charge in [-0.3, -0.25) is 4.90 Å². The normalized spacial score (nSPS) is 9.17. The van der Waals surface area contributed by atoms with Crippen LogP contribution in [0.2, 0.25) is 5.02 Å². The van der Waals surface area contributed by atoms with Gasteiger partial charge in [-0.2, -0.15) is 5.26 Å². The Kier molecular flexibility index (Phi) is 2.57. The van der Waals surface area contributed by atoms with Gasteiger partial charge in [0.05, 0.1) is 10.7 Å². The van der Waals surface area contributed by atoms with E-state index in [0.29, 0.717) is 5.02 Å². The molecule has 0 atom stereocenters. The van der Waals surface area contributed by atoms with Crippen LogP contribution < -0.4 is 4.90 Å². The summed E-state index contributed by atoms with van der Waals surface area (Å²) in [6.07, 6.45) is 2.00. The maximum absolute atomic E-state index is 8.62. The van der Waals surface area contributed by atoms with Crippen molar-refractivity contribution in [2.24, 2.45) is 0 Å². The summed E-state index contributed by atoms with van der Waals surface area (Å²) in [5.41, 5.74) is 1.84. The highest BCUT2D eigenvalue weighted by Gasteiger charge is 2.04. The molecule has 0 N–H and O–H groups in total. The van der Waals surface area contributed by atoms with Gasteiger partial charge in [0.2, 0.25) is 0 Å². The highest BCUT2D eigenvalue weighted by Crippen LogP contribution is 2.25. The molecule has 0 radical (unpaired) electrons. The molecule has 0 unspecified atom stereocenters. The summed E-state index contributed by atoms with van der Waals surface area (Å²) in [6, 6.07) is 5.59. The average molecular weight is 181 g/mol. The van der Waals surface area contributed by atoms with Crippen LogP contribution in [-0.2, 0) is 0 Å². The van der Waals surface area contributed by atoms with Crippen molar-refractivity contribution in [1.29, 1.82) is 5.26 Å². The van der Waals surface area contributed by atoms with Gasteiger partial charge in [-0.1, -0.05) is 17.7 Å². The summed E-state index contributed by atoms with van der Waals surface area (Å²) < 4.78 is 0. The smallest absolute Gasteiger partial charge is 0.184 e. The third-order valence-electron chi connectivity index (χ3n) is 1.61. The van der Waals surface area contributed by atoms with Crippen molar-refractivity contribution in [3.63, 3.8) is 0 Å². The number of rotatable bonds is 1. The summed E-state index contributed by atoms with van der Waals surface area (Å²) in [5, 5.41) is 9.22. The molecule has 1 aromatic rings. The van der Waals surface area contributed by atoms with Gasteiger partial charge in [0, 0.05) is 7.05 Å². The predicted molar refractivity (Wildman–Crippen MR) is 50.2 cm³/mol. The Labute approximate surface area is 77.0 Å². The molecule has 0 aliphatic carbocycles. The first-order valence-corrected chi connectivity index (χ1v) is 3.92. The fourth-order valence-corrected chi connectivity index (χ4v) is 1.18. The Hall–Kier alpha value is -1.20. The maximum atomic E-state index is 8.62. The van der Waals surface area contributed by atoms with Gasteiger partial charge in [0.25, 0.3) is 0 Å². The van der Waals surface area contributed by atoms with Gasteiger partial charge in [-0.05, 0) is 24.6 Å². The molecular weight excluding hydrogens is 172 g/mol. The van der Waals surface area contributed by atoms with Gasteiger partial charge in [0.15, 0.2) is 6.19 Å². The molecule has 12 heavy (non-hydrogen) atoms. The van der Waals surface area contributed by atoms with Crippen molar-refractivity contribution < 1.29 is 0 Å². The third-order valence-corrected chi connectivity index (χ3v) is 1.93. The molecule has 62 valence electrons. The lowest BCUT2D eigenvalue weighted by Gasteiger charge is -2.10. The largest absolute Gasteiger partial charge is 0.281 e. The molecule has 0 fully saturated rings. The van der Waals surface area contributed by atoms with Crippen LogP contribution in [0.1, 0.15) is 5.56 Å². The summed E-state index contributed by atoms with van der Waals surface area (Å²) in [6.45, 7) is 1.96. The first-order valence-electron chi connectivity index (χ1n) is 3.55. The van der Waals surface area contributed by atoms with Crippen molar-refractivity contribution in [2.75, 3.05) is 11.9 Å². The van der Waals surface area contributed by atoms with E-state index in [0.717, 1.165) is 11.3 Å². The van der Waals surface area contributed by atoms with Gasteiger partial charge >= 0.3 is 0 Å². The lowest BCUT2D eigenvalue weighted by molar-refractivity contribution is 1.20. The summed E-state index contributed by atoms with van der Waals surface area (Å²) in [7, 11) is 1.68. The third kappa shape index (κ3) is 1.69. The Balaban J connectivity index is 3.15. The second-order valence-corrected chi connectivity index (χ2v) is 3.02. The summed E-state index contributed by atoms with van der Waals surface area (Å²) >= 11 is 5.88. The van der Waals surface area contributed by atoms with E-state index in [2.05, 4.69) is 0 Å². The van der Waals surface area contributed by atoms with E-state index in [9.17, 15) is 0 Å². The van der Waals surface area contributed by atoms with E-state index < -0.39 is 0 Å². The second-order valence-electron chi connectivity index (χ2n) is 2.61. The molecule has 2 nitrogen and oxygen atoms in total. The van der Waals surface area contributed by atoms with Crippen molar-refractivity contribution in [1.82, 2.24) is 0 Å². The summed E-state index contributed by atoms with van der Waals surface area (Å²) in [5.74, 6) is 0. The van der Waals surface area contributed by atoms with E-state index in [-0.39, 0.29) is 0 Å². The van der Waals surface area contributed by atoms with Gasteiger partial charge in [0.1, 0.15) is 0 Å².